The molecule has 0 unspecified atom stereocenters. The summed E-state index contributed by atoms with van der Waals surface area (Å²) in [7, 11) is 0. The first kappa shape index (κ1) is 30.5. The zero-order valence-electron chi connectivity index (χ0n) is 26.2. The number of phenolic OH excluding ortho intramolecular Hbond substituents is 1. The maximum absolute atomic E-state index is 14.4. The maximum Gasteiger partial charge on any atom is 0.334 e. The monoisotopic (exact) mass is 633 g/mol. The third-order valence-corrected chi connectivity index (χ3v) is 9.20. The molecular weight excluding hydrogens is 594 g/mol. The molecule has 0 bridgehead atoms. The number of carbonyl (C=O) groups excluding carboxylic acids is 3. The van der Waals surface area contributed by atoms with Crippen LogP contribution >= 0.6 is 0 Å². The largest absolute Gasteiger partial charge is 0.508 e. The van der Waals surface area contributed by atoms with Gasteiger partial charge in [-0.3, -0.25) is 14.3 Å². The number of rotatable bonds is 10. The van der Waals surface area contributed by atoms with E-state index in [1.807, 2.05) is 53.2 Å². The average Bonchev–Trinajstić information content (AvgIpc) is 3.78. The van der Waals surface area contributed by atoms with Crippen LogP contribution in [0, 0.1) is 5.92 Å². The minimum Gasteiger partial charge on any atom is -0.508 e. The van der Waals surface area contributed by atoms with E-state index in [2.05, 4.69) is 18.1 Å². The van der Waals surface area contributed by atoms with Gasteiger partial charge in [0.15, 0.2) is 0 Å². The highest BCUT2D eigenvalue weighted by Gasteiger charge is 2.51. The Bertz CT molecular complexity index is 1790. The quantitative estimate of drug-likeness (QED) is 0.256. The van der Waals surface area contributed by atoms with Gasteiger partial charge in [0.2, 0.25) is 11.8 Å². The second-order valence-corrected chi connectivity index (χ2v) is 12.7. The highest BCUT2D eigenvalue weighted by molar-refractivity contribution is 5.92. The van der Waals surface area contributed by atoms with Crippen molar-refractivity contribution < 1.29 is 19.5 Å². The van der Waals surface area contributed by atoms with Gasteiger partial charge in [0.1, 0.15) is 18.0 Å². The lowest BCUT2D eigenvalue weighted by Crippen LogP contribution is -2.76. The molecule has 11 heteroatoms. The molecule has 1 aliphatic carbocycles. The number of fused-ring (bicyclic) bond motifs is 2. The van der Waals surface area contributed by atoms with Gasteiger partial charge in [-0.1, -0.05) is 66.7 Å². The fourth-order valence-electron chi connectivity index (χ4n) is 6.70. The van der Waals surface area contributed by atoms with Gasteiger partial charge >= 0.3 is 6.03 Å². The zero-order chi connectivity index (χ0) is 32.5. The summed E-state index contributed by atoms with van der Waals surface area (Å²) in [4.78, 5) is 45.6. The van der Waals surface area contributed by atoms with Crippen LogP contribution in [0.25, 0.3) is 10.9 Å². The molecule has 47 heavy (non-hydrogen) atoms. The summed E-state index contributed by atoms with van der Waals surface area (Å²) in [6.45, 7) is 5.68. The second kappa shape index (κ2) is 12.9. The molecular formula is C36H39N7O4. The predicted molar refractivity (Wildman–Crippen MR) is 176 cm³/mol. The number of hydrogen-bond donors (Lipinski definition) is 2. The summed E-state index contributed by atoms with van der Waals surface area (Å²) >= 11 is 0. The van der Waals surface area contributed by atoms with Crippen LogP contribution in [0.5, 0.6) is 5.75 Å². The number of hydrogen-bond acceptors (Lipinski definition) is 6. The van der Waals surface area contributed by atoms with E-state index in [-0.39, 0.29) is 56.2 Å². The lowest BCUT2D eigenvalue weighted by atomic mass is 9.98. The number of hydrazine groups is 1. The first-order chi connectivity index (χ1) is 22.9. The number of nitrogens with zero attached hydrogens (tertiary/aromatic N) is 6. The van der Waals surface area contributed by atoms with Gasteiger partial charge in [0.25, 0.3) is 0 Å². The molecule has 3 aromatic carbocycles. The van der Waals surface area contributed by atoms with E-state index in [1.54, 1.807) is 50.2 Å². The molecule has 1 aromatic heterocycles. The third-order valence-electron chi connectivity index (χ3n) is 9.20. The van der Waals surface area contributed by atoms with Crippen LogP contribution in [-0.2, 0) is 35.6 Å². The Morgan fingerprint density at radius 2 is 1.79 bits per heavy atom. The number of amides is 4. The van der Waals surface area contributed by atoms with Crippen molar-refractivity contribution in [3.05, 3.63) is 108 Å². The third kappa shape index (κ3) is 6.44. The molecule has 2 N–H and O–H groups in total. The molecule has 4 aromatic rings. The molecule has 1 saturated carbocycles. The van der Waals surface area contributed by atoms with Crippen LogP contribution in [-0.4, -0.2) is 84.4 Å². The lowest BCUT2D eigenvalue weighted by Gasteiger charge is -2.55. The molecule has 2 atom stereocenters. The zero-order valence-corrected chi connectivity index (χ0v) is 26.2. The molecule has 242 valence electrons. The van der Waals surface area contributed by atoms with E-state index in [1.165, 1.54) is 12.8 Å². The summed E-state index contributed by atoms with van der Waals surface area (Å²) < 4.78 is 2.00. The van der Waals surface area contributed by atoms with Gasteiger partial charge < -0.3 is 20.2 Å². The lowest BCUT2D eigenvalue weighted by molar-refractivity contribution is -0.189. The Morgan fingerprint density at radius 1 is 1.00 bits per heavy atom. The number of benzene rings is 3. The van der Waals surface area contributed by atoms with Gasteiger partial charge in [0.05, 0.1) is 18.6 Å². The van der Waals surface area contributed by atoms with Crippen LogP contribution in [0.15, 0.2) is 91.6 Å². The molecule has 7 rings (SSSR count). The van der Waals surface area contributed by atoms with Crippen molar-refractivity contribution >= 4 is 28.7 Å². The van der Waals surface area contributed by atoms with Crippen molar-refractivity contribution in [3.8, 4) is 5.75 Å². The van der Waals surface area contributed by atoms with Crippen LogP contribution in [0.3, 0.4) is 0 Å². The highest BCUT2D eigenvalue weighted by Crippen LogP contribution is 2.32. The van der Waals surface area contributed by atoms with Crippen LogP contribution < -0.4 is 5.32 Å². The number of carbonyl (C=O) groups is 3. The van der Waals surface area contributed by atoms with Gasteiger partial charge in [0, 0.05) is 44.2 Å². The average molecular weight is 634 g/mol. The van der Waals surface area contributed by atoms with E-state index in [0.717, 1.165) is 34.1 Å². The van der Waals surface area contributed by atoms with Crippen LogP contribution in [0.4, 0.5) is 4.79 Å². The summed E-state index contributed by atoms with van der Waals surface area (Å²) in [5, 5.41) is 22.1. The van der Waals surface area contributed by atoms with Crippen molar-refractivity contribution in [2.75, 3.05) is 19.6 Å². The van der Waals surface area contributed by atoms with Crippen LogP contribution in [0.2, 0.25) is 0 Å². The number of aromatic hydroxyl groups is 1. The Kier molecular flexibility index (Phi) is 8.38. The summed E-state index contributed by atoms with van der Waals surface area (Å²) in [6.07, 6.45) is 5.66. The number of aromatic nitrogens is 2. The highest BCUT2D eigenvalue weighted by atomic mass is 16.3. The molecule has 0 radical (unpaired) electrons. The van der Waals surface area contributed by atoms with E-state index < -0.39 is 12.2 Å². The molecule has 2 aliphatic heterocycles. The van der Waals surface area contributed by atoms with E-state index in [9.17, 15) is 19.5 Å². The van der Waals surface area contributed by atoms with Crippen LogP contribution in [0.1, 0.15) is 29.5 Å². The van der Waals surface area contributed by atoms with E-state index in [0.29, 0.717) is 12.5 Å². The fourth-order valence-corrected chi connectivity index (χ4v) is 6.70. The Morgan fingerprint density at radius 3 is 2.53 bits per heavy atom. The SMILES string of the molecule is C=CCN1CC(=O)N2[C@@H](Cc3ccc(O)cc3)C(=O)N(Cc3cccc4cn(CC5CC5)nc34)C[C@@H]2N1C(=O)NCc1ccccc1. The van der Waals surface area contributed by atoms with Gasteiger partial charge in [-0.05, 0) is 47.6 Å². The molecule has 3 heterocycles. The summed E-state index contributed by atoms with van der Waals surface area (Å²) in [5.41, 5.74) is 3.50. The first-order valence-electron chi connectivity index (χ1n) is 16.2. The molecule has 0 spiro atoms. The molecule has 4 amide bonds. The smallest absolute Gasteiger partial charge is 0.334 e. The maximum atomic E-state index is 14.4. The van der Waals surface area contributed by atoms with Gasteiger partial charge in [-0.15, -0.1) is 6.58 Å². The second-order valence-electron chi connectivity index (χ2n) is 12.7. The van der Waals surface area contributed by atoms with Gasteiger partial charge in [-0.2, -0.15) is 5.10 Å². The van der Waals surface area contributed by atoms with E-state index >= 15 is 0 Å². The molecule has 11 nitrogen and oxygen atoms in total. The van der Waals surface area contributed by atoms with Crippen molar-refractivity contribution in [1.29, 1.82) is 0 Å². The Labute approximate surface area is 273 Å². The van der Waals surface area contributed by atoms with Crippen molar-refractivity contribution in [3.63, 3.8) is 0 Å². The minimum atomic E-state index is -0.854. The topological polar surface area (TPSA) is 114 Å². The normalized spacial score (nSPS) is 20.0. The standard InChI is InChI=1S/C36H39N7O4/c1-2-17-41-24-33(45)42-31(18-25-13-15-30(44)16-14-25)35(46)39(23-32(42)43(41)36(47)37-19-26-7-4-3-5-8-26)21-28-9-6-10-29-22-40(38-34(28)29)20-27-11-12-27/h2-10,13-16,22,27,31-32,44H,1,11-12,17-21,23-24H2,(H,37,47)/t31-,32-/m0/s1. The van der Waals surface area contributed by atoms with Crippen molar-refractivity contribution in [1.82, 2.24) is 34.9 Å². The van der Waals surface area contributed by atoms with Crippen molar-refractivity contribution in [2.24, 2.45) is 5.92 Å². The number of phenols is 1. The summed E-state index contributed by atoms with van der Waals surface area (Å²) in [6, 6.07) is 21.1. The first-order valence-corrected chi connectivity index (χ1v) is 16.2. The van der Waals surface area contributed by atoms with Crippen molar-refractivity contribution in [2.45, 2.75) is 51.1 Å². The number of piperazine rings is 1. The van der Waals surface area contributed by atoms with Gasteiger partial charge in [-0.25, -0.2) is 14.8 Å². The predicted octanol–water partition coefficient (Wildman–Crippen LogP) is 3.89. The molecule has 2 saturated heterocycles. The molecule has 3 fully saturated rings. The Hall–Kier alpha value is -5.16. The Balaban J connectivity index is 1.23. The fraction of sp³-hybridized carbons (Fsp3) is 0.333. The number of urea groups is 1. The van der Waals surface area contributed by atoms with E-state index in [4.69, 9.17) is 5.10 Å². The summed E-state index contributed by atoms with van der Waals surface area (Å²) in [5.74, 6) is 0.359. The number of nitrogens with one attached hydrogen (secondary N) is 1. The molecule has 3 aliphatic rings. The minimum absolute atomic E-state index is 0.0711.